The van der Waals surface area contributed by atoms with Gasteiger partial charge in [-0.15, -0.1) is 16.4 Å². The lowest BCUT2D eigenvalue weighted by molar-refractivity contribution is 0.383. The molecule has 1 aliphatic rings. The Bertz CT molecular complexity index is 1010. The maximum atomic E-state index is 2.54. The van der Waals surface area contributed by atoms with E-state index in [4.69, 9.17) is 0 Å². The molecule has 1 saturated carbocycles. The van der Waals surface area contributed by atoms with Gasteiger partial charge in [0.1, 0.15) is 0 Å². The first kappa shape index (κ1) is 20.4. The number of hydrogen-bond acceptors (Lipinski definition) is 0. The molecule has 0 N–H and O–H groups in total. The Morgan fingerprint density at radius 3 is 1.40 bits per heavy atom. The van der Waals surface area contributed by atoms with Crippen molar-refractivity contribution in [2.45, 2.75) is 76.0 Å². The van der Waals surface area contributed by atoms with Crippen molar-refractivity contribution in [3.63, 3.8) is 0 Å². The molecule has 156 valence electrons. The van der Waals surface area contributed by atoms with Crippen LogP contribution >= 0.6 is 16.4 Å². The van der Waals surface area contributed by atoms with Crippen LogP contribution in [0.4, 0.5) is 0 Å². The SMILES string of the molecule is c1cc2cc(C3(c4ccc5[pH]ccc5c4)CCCCCCCCCCC3)ccc2[pH]1. The minimum Gasteiger partial charge on any atom is -0.132 e. The fourth-order valence-corrected chi connectivity index (χ4v) is 7.55. The molecule has 1 fully saturated rings. The van der Waals surface area contributed by atoms with Crippen molar-refractivity contribution in [3.8, 4) is 0 Å². The van der Waals surface area contributed by atoms with Crippen molar-refractivity contribution in [1.82, 2.24) is 0 Å². The highest BCUT2D eigenvalue weighted by Gasteiger charge is 2.34. The van der Waals surface area contributed by atoms with Gasteiger partial charge >= 0.3 is 0 Å². The molecule has 1 aliphatic carbocycles. The van der Waals surface area contributed by atoms with Crippen molar-refractivity contribution < 1.29 is 0 Å². The predicted molar refractivity (Wildman–Crippen MR) is 138 cm³/mol. The number of hydrogen-bond donors (Lipinski definition) is 0. The molecule has 0 bridgehead atoms. The van der Waals surface area contributed by atoms with Crippen LogP contribution in [0.25, 0.3) is 21.0 Å². The topological polar surface area (TPSA) is 0 Å². The number of benzene rings is 2. The highest BCUT2D eigenvalue weighted by atomic mass is 31.0. The van der Waals surface area contributed by atoms with E-state index in [0.29, 0.717) is 0 Å². The van der Waals surface area contributed by atoms with E-state index < -0.39 is 0 Å². The minimum atomic E-state index is 0.169. The molecule has 4 aromatic rings. The Kier molecular flexibility index (Phi) is 6.36. The lowest BCUT2D eigenvalue weighted by Gasteiger charge is -2.36. The van der Waals surface area contributed by atoms with Crippen LogP contribution in [-0.2, 0) is 5.41 Å². The monoisotopic (exact) mass is 432 g/mol. The van der Waals surface area contributed by atoms with Gasteiger partial charge in [-0.25, -0.2) is 0 Å². The summed E-state index contributed by atoms with van der Waals surface area (Å²) in [6, 6.07) is 19.6. The van der Waals surface area contributed by atoms with Crippen molar-refractivity contribution in [1.29, 1.82) is 0 Å². The first-order valence-electron chi connectivity index (χ1n) is 12.0. The van der Waals surface area contributed by atoms with E-state index in [-0.39, 0.29) is 5.41 Å². The molecule has 0 nitrogen and oxygen atoms in total. The number of rotatable bonds is 2. The average Bonchev–Trinajstić information content (AvgIpc) is 3.42. The zero-order valence-corrected chi connectivity index (χ0v) is 20.1. The zero-order chi connectivity index (χ0) is 20.2. The first-order chi connectivity index (χ1) is 14.9. The molecule has 0 aliphatic heterocycles. The van der Waals surface area contributed by atoms with Gasteiger partial charge in [0.15, 0.2) is 0 Å². The van der Waals surface area contributed by atoms with Gasteiger partial charge in [-0.05, 0) is 68.7 Å². The molecule has 2 heterocycles. The molecule has 30 heavy (non-hydrogen) atoms. The lowest BCUT2D eigenvalue weighted by Crippen LogP contribution is -2.28. The fraction of sp³-hybridized carbons (Fsp3) is 0.429. The summed E-state index contributed by atoms with van der Waals surface area (Å²) in [6.07, 6.45) is 15.2. The Labute approximate surface area is 184 Å². The van der Waals surface area contributed by atoms with Gasteiger partial charge in [0, 0.05) is 5.41 Å². The molecule has 0 radical (unpaired) electrons. The lowest BCUT2D eigenvalue weighted by atomic mass is 9.67. The van der Waals surface area contributed by atoms with Gasteiger partial charge in [0.2, 0.25) is 0 Å². The zero-order valence-electron chi connectivity index (χ0n) is 18.1. The molecule has 2 aromatic carbocycles. The molecule has 0 amide bonds. The van der Waals surface area contributed by atoms with E-state index in [0.717, 1.165) is 16.4 Å². The molecule has 5 rings (SSSR count). The quantitative estimate of drug-likeness (QED) is 0.296. The average molecular weight is 433 g/mol. The first-order valence-corrected chi connectivity index (χ1v) is 14.2. The summed E-state index contributed by atoms with van der Waals surface area (Å²) >= 11 is 0. The summed E-state index contributed by atoms with van der Waals surface area (Å²) < 4.78 is 0. The summed E-state index contributed by atoms with van der Waals surface area (Å²) in [6.45, 7) is 0. The van der Waals surface area contributed by atoms with Crippen LogP contribution in [0.3, 0.4) is 0 Å². The molecule has 0 saturated heterocycles. The molecular weight excluding hydrogens is 398 g/mol. The van der Waals surface area contributed by atoms with Crippen molar-refractivity contribution in [3.05, 3.63) is 71.3 Å². The minimum absolute atomic E-state index is 0.169. The highest BCUT2D eigenvalue weighted by molar-refractivity contribution is 7.36. The maximum Gasteiger partial charge on any atom is 0.0203 e. The summed E-state index contributed by atoms with van der Waals surface area (Å²) in [7, 11) is 1.70. The van der Waals surface area contributed by atoms with E-state index in [2.05, 4.69) is 60.1 Å². The van der Waals surface area contributed by atoms with Gasteiger partial charge in [0.25, 0.3) is 0 Å². The van der Waals surface area contributed by atoms with E-state index in [9.17, 15) is 0 Å². The van der Waals surface area contributed by atoms with Gasteiger partial charge in [-0.3, -0.25) is 0 Å². The largest absolute Gasteiger partial charge is 0.132 e. The molecule has 2 atom stereocenters. The standard InChI is InChI=1S/C28H34P2/c1-2-4-6-8-16-28(17-9-7-5-3-1,24-10-12-26-22(20-24)14-18-29-26)25-11-13-27-23(21-25)15-19-30-27/h10-15,18-21,29-30H,1-9,16-17H2. The van der Waals surface area contributed by atoms with E-state index in [1.54, 1.807) is 11.1 Å². The van der Waals surface area contributed by atoms with Crippen LogP contribution in [0.2, 0.25) is 0 Å². The van der Waals surface area contributed by atoms with Crippen LogP contribution in [0.15, 0.2) is 60.1 Å². The van der Waals surface area contributed by atoms with Crippen molar-refractivity contribution in [2.75, 3.05) is 0 Å². The third kappa shape index (κ3) is 4.15. The molecule has 2 aromatic heterocycles. The van der Waals surface area contributed by atoms with E-state index >= 15 is 0 Å². The van der Waals surface area contributed by atoms with Crippen molar-refractivity contribution >= 4 is 37.4 Å². The second kappa shape index (κ2) is 9.34. The maximum absolute atomic E-state index is 2.54. The second-order valence-electron chi connectivity index (χ2n) is 9.32. The van der Waals surface area contributed by atoms with Crippen LogP contribution < -0.4 is 0 Å². The van der Waals surface area contributed by atoms with Crippen LogP contribution in [0, 0.1) is 0 Å². The van der Waals surface area contributed by atoms with Crippen molar-refractivity contribution in [2.24, 2.45) is 0 Å². The summed E-state index contributed by atoms with van der Waals surface area (Å²) in [5.41, 5.74) is 3.31. The van der Waals surface area contributed by atoms with E-state index in [1.807, 2.05) is 0 Å². The third-order valence-corrected chi connectivity index (χ3v) is 9.62. The van der Waals surface area contributed by atoms with Gasteiger partial charge < -0.3 is 0 Å². The van der Waals surface area contributed by atoms with Gasteiger partial charge in [-0.1, -0.05) is 94.2 Å². The second-order valence-corrected chi connectivity index (χ2v) is 11.6. The Hall–Kier alpha value is -1.48. The summed E-state index contributed by atoms with van der Waals surface area (Å²) in [5, 5.41) is 6.00. The van der Waals surface area contributed by atoms with Gasteiger partial charge in [-0.2, -0.15) is 0 Å². The van der Waals surface area contributed by atoms with Crippen LogP contribution in [0.5, 0.6) is 0 Å². The summed E-state index contributed by atoms with van der Waals surface area (Å²) in [5.74, 6) is 4.70. The van der Waals surface area contributed by atoms with E-state index in [1.165, 1.54) is 91.6 Å². The normalized spacial score (nSPS) is 19.3. The molecule has 2 unspecified atom stereocenters. The number of fused-ring (bicyclic) bond motifs is 2. The highest BCUT2D eigenvalue weighted by Crippen LogP contribution is 2.45. The fourth-order valence-electron chi connectivity index (χ4n) is 5.66. The third-order valence-electron chi connectivity index (χ3n) is 7.42. The predicted octanol–water partition coefficient (Wildman–Crippen LogP) is 9.65. The molecular formula is C28H34P2. The van der Waals surface area contributed by atoms with Gasteiger partial charge in [0.05, 0.1) is 0 Å². The Morgan fingerprint density at radius 1 is 0.500 bits per heavy atom. The molecule has 2 heteroatoms. The summed E-state index contributed by atoms with van der Waals surface area (Å²) in [4.78, 5) is 0. The van der Waals surface area contributed by atoms with Crippen LogP contribution in [0.1, 0.15) is 81.8 Å². The Morgan fingerprint density at radius 2 is 0.933 bits per heavy atom. The Balaban J connectivity index is 1.61. The molecule has 0 spiro atoms. The smallest absolute Gasteiger partial charge is 0.0203 e. The van der Waals surface area contributed by atoms with Crippen LogP contribution in [-0.4, -0.2) is 0 Å².